The number of anilines is 1. The Morgan fingerprint density at radius 2 is 1.86 bits per heavy atom. The highest BCUT2D eigenvalue weighted by Crippen LogP contribution is 2.24. The maximum Gasteiger partial charge on any atom is 0.319 e. The number of benzene rings is 2. The normalized spacial score (nSPS) is 23.6. The van der Waals surface area contributed by atoms with E-state index in [4.69, 9.17) is 0 Å². The first-order chi connectivity index (χ1) is 16.9. The van der Waals surface area contributed by atoms with Gasteiger partial charge in [-0.15, -0.1) is 0 Å². The van der Waals surface area contributed by atoms with Gasteiger partial charge >= 0.3 is 6.03 Å². The molecule has 0 bridgehead atoms. The van der Waals surface area contributed by atoms with E-state index in [9.17, 15) is 14.0 Å². The monoisotopic (exact) mass is 480 g/mol. The molecule has 2 fully saturated rings. The van der Waals surface area contributed by atoms with Crippen LogP contribution in [-0.4, -0.2) is 67.4 Å². The molecule has 2 aromatic rings. The van der Waals surface area contributed by atoms with Gasteiger partial charge in [-0.3, -0.25) is 4.79 Å². The second kappa shape index (κ2) is 11.8. The van der Waals surface area contributed by atoms with Gasteiger partial charge in [0.05, 0.1) is 0 Å². The van der Waals surface area contributed by atoms with Crippen LogP contribution in [0, 0.1) is 17.7 Å². The van der Waals surface area contributed by atoms with Crippen molar-refractivity contribution < 1.29 is 14.0 Å². The van der Waals surface area contributed by atoms with Gasteiger partial charge in [-0.05, 0) is 88.5 Å². The number of nitrogens with one attached hydrogen (secondary N) is 2. The second-order valence-electron chi connectivity index (χ2n) is 10.3. The molecule has 2 N–H and O–H groups in total. The summed E-state index contributed by atoms with van der Waals surface area (Å²) in [7, 11) is 2.14. The maximum absolute atomic E-state index is 13.3. The minimum atomic E-state index is -0.224. The first-order valence-corrected chi connectivity index (χ1v) is 12.7. The number of rotatable bonds is 7. The summed E-state index contributed by atoms with van der Waals surface area (Å²) < 4.78 is 13.3. The van der Waals surface area contributed by atoms with Crippen LogP contribution in [0.2, 0.25) is 0 Å². The first kappa shape index (κ1) is 25.3. The lowest BCUT2D eigenvalue weighted by molar-refractivity contribution is 0.0958. The third kappa shape index (κ3) is 7.36. The highest BCUT2D eigenvalue weighted by atomic mass is 19.1. The highest BCUT2D eigenvalue weighted by molar-refractivity contribution is 5.96. The molecule has 4 rings (SSSR count). The van der Waals surface area contributed by atoms with E-state index in [2.05, 4.69) is 27.5 Å². The summed E-state index contributed by atoms with van der Waals surface area (Å²) in [6.45, 7) is 6.49. The lowest BCUT2D eigenvalue weighted by atomic mass is 9.88. The molecule has 2 aliphatic heterocycles. The average Bonchev–Trinajstić information content (AvgIpc) is 2.83. The molecule has 2 heterocycles. The van der Waals surface area contributed by atoms with Gasteiger partial charge in [-0.1, -0.05) is 24.3 Å². The molecule has 2 aromatic carbocycles. The van der Waals surface area contributed by atoms with Crippen molar-refractivity contribution >= 4 is 17.5 Å². The molecule has 35 heavy (non-hydrogen) atoms. The number of halogens is 1. The molecule has 0 radical (unpaired) electrons. The van der Waals surface area contributed by atoms with Gasteiger partial charge in [0.2, 0.25) is 0 Å². The topological polar surface area (TPSA) is 64.7 Å². The van der Waals surface area contributed by atoms with Crippen molar-refractivity contribution in [2.45, 2.75) is 38.6 Å². The molecule has 0 aromatic heterocycles. The summed E-state index contributed by atoms with van der Waals surface area (Å²) in [5, 5.41) is 6.11. The van der Waals surface area contributed by atoms with Gasteiger partial charge in [0, 0.05) is 42.8 Å². The van der Waals surface area contributed by atoms with E-state index in [1.807, 2.05) is 12.1 Å². The smallest absolute Gasteiger partial charge is 0.319 e. The number of nitrogens with zero attached hydrogens (tertiary/aromatic N) is 2. The molecule has 1 unspecified atom stereocenters. The number of likely N-dealkylation sites (tertiary alicyclic amines) is 2. The predicted molar refractivity (Wildman–Crippen MR) is 137 cm³/mol. The fourth-order valence-electron chi connectivity index (χ4n) is 5.51. The lowest BCUT2D eigenvalue weighted by Gasteiger charge is -2.41. The Morgan fingerprint density at radius 1 is 1.06 bits per heavy atom. The van der Waals surface area contributed by atoms with Crippen LogP contribution in [0.3, 0.4) is 0 Å². The van der Waals surface area contributed by atoms with Gasteiger partial charge in [0.25, 0.3) is 0 Å². The number of hydrogen-bond donors (Lipinski definition) is 2. The number of hydrogen-bond acceptors (Lipinski definition) is 4. The summed E-state index contributed by atoms with van der Waals surface area (Å²) in [5.74, 6) is 0.699. The Balaban J connectivity index is 1.33. The molecular weight excluding hydrogens is 443 g/mol. The van der Waals surface area contributed by atoms with Crippen LogP contribution in [0.25, 0.3) is 0 Å². The van der Waals surface area contributed by atoms with E-state index < -0.39 is 0 Å². The molecule has 2 amide bonds. The number of piperidine rings is 2. The van der Waals surface area contributed by atoms with E-state index >= 15 is 0 Å². The van der Waals surface area contributed by atoms with Crippen LogP contribution in [0.5, 0.6) is 0 Å². The Hall–Kier alpha value is -2.77. The van der Waals surface area contributed by atoms with E-state index in [1.54, 1.807) is 36.4 Å². The Kier molecular flexibility index (Phi) is 8.52. The number of carbonyl (C=O) groups is 2. The largest absolute Gasteiger partial charge is 0.335 e. The fraction of sp³-hybridized carbons (Fsp3) is 0.500. The second-order valence-corrected chi connectivity index (χ2v) is 10.3. The summed E-state index contributed by atoms with van der Waals surface area (Å²) >= 11 is 0. The number of carbonyl (C=O) groups excluding carboxylic acids is 2. The van der Waals surface area contributed by atoms with Crippen molar-refractivity contribution in [1.82, 2.24) is 15.1 Å². The molecule has 7 heteroatoms. The molecule has 2 aliphatic rings. The Morgan fingerprint density at radius 3 is 2.63 bits per heavy atom. The van der Waals surface area contributed by atoms with Crippen LogP contribution in [0.15, 0.2) is 48.5 Å². The van der Waals surface area contributed by atoms with Gasteiger partial charge in [0.1, 0.15) is 5.82 Å². The fourth-order valence-corrected chi connectivity index (χ4v) is 5.51. The van der Waals surface area contributed by atoms with Crippen molar-refractivity contribution in [3.05, 3.63) is 65.5 Å². The van der Waals surface area contributed by atoms with Crippen LogP contribution in [0.4, 0.5) is 14.9 Å². The summed E-state index contributed by atoms with van der Waals surface area (Å²) in [5.41, 5.74) is 2.40. The lowest BCUT2D eigenvalue weighted by Crippen LogP contribution is -2.55. The quantitative estimate of drug-likeness (QED) is 0.576. The summed E-state index contributed by atoms with van der Waals surface area (Å²) in [6, 6.07) is 13.8. The first-order valence-electron chi connectivity index (χ1n) is 12.7. The molecule has 0 aliphatic carbocycles. The molecule has 3 atom stereocenters. The maximum atomic E-state index is 13.3. The molecular formula is C28H37FN4O2. The Labute approximate surface area is 207 Å². The van der Waals surface area contributed by atoms with Crippen LogP contribution >= 0.6 is 0 Å². The third-order valence-electron chi connectivity index (χ3n) is 7.31. The minimum Gasteiger partial charge on any atom is -0.335 e. The van der Waals surface area contributed by atoms with E-state index in [0.717, 1.165) is 45.6 Å². The zero-order valence-corrected chi connectivity index (χ0v) is 20.8. The van der Waals surface area contributed by atoms with Gasteiger partial charge in [0.15, 0.2) is 5.78 Å². The van der Waals surface area contributed by atoms with Crippen molar-refractivity contribution in [1.29, 1.82) is 0 Å². The van der Waals surface area contributed by atoms with Gasteiger partial charge in [-0.2, -0.15) is 0 Å². The van der Waals surface area contributed by atoms with Crippen molar-refractivity contribution in [2.75, 3.05) is 45.1 Å². The average molecular weight is 481 g/mol. The molecule has 0 saturated carbocycles. The molecule has 188 valence electrons. The minimum absolute atomic E-state index is 0.0243. The standard InChI is InChI=1S/C28H37FN4O2/c1-20(34)23-6-3-7-26(16-23)30-28(35)31-27-12-14-32(2)18-24(27)19-33-13-4-5-22(17-33)15-21-8-10-25(29)11-9-21/h3,6-11,16,22,24,27H,4-5,12-15,17-19H2,1-2H3,(H2,30,31,35)/t22?,24-,27+/m0/s1. The predicted octanol–water partition coefficient (Wildman–Crippen LogP) is 4.42. The summed E-state index contributed by atoms with van der Waals surface area (Å²) in [6.07, 6.45) is 4.25. The summed E-state index contributed by atoms with van der Waals surface area (Å²) in [4.78, 5) is 29.3. The van der Waals surface area contributed by atoms with Crippen molar-refractivity contribution in [2.24, 2.45) is 11.8 Å². The van der Waals surface area contributed by atoms with Crippen LogP contribution in [0.1, 0.15) is 42.1 Å². The SMILES string of the molecule is CC(=O)c1cccc(NC(=O)N[C@@H]2CCN(C)C[C@H]2CN2CCCC(Cc3ccc(F)cc3)C2)c1. The zero-order chi connectivity index (χ0) is 24.8. The number of ketones is 1. The Bertz CT molecular complexity index is 1010. The molecule has 6 nitrogen and oxygen atoms in total. The molecule has 2 saturated heterocycles. The highest BCUT2D eigenvalue weighted by Gasteiger charge is 2.32. The van der Waals surface area contributed by atoms with E-state index in [-0.39, 0.29) is 23.7 Å². The molecule has 0 spiro atoms. The third-order valence-corrected chi connectivity index (χ3v) is 7.31. The van der Waals surface area contributed by atoms with E-state index in [0.29, 0.717) is 23.1 Å². The number of urea groups is 1. The zero-order valence-electron chi connectivity index (χ0n) is 20.8. The number of Topliss-reactive ketones (excluding diaryl/α,β-unsaturated/α-hetero) is 1. The van der Waals surface area contributed by atoms with Crippen molar-refractivity contribution in [3.8, 4) is 0 Å². The van der Waals surface area contributed by atoms with Crippen molar-refractivity contribution in [3.63, 3.8) is 0 Å². The van der Waals surface area contributed by atoms with E-state index in [1.165, 1.54) is 25.3 Å². The van der Waals surface area contributed by atoms with Crippen LogP contribution in [-0.2, 0) is 6.42 Å². The van der Waals surface area contributed by atoms with Gasteiger partial charge in [-0.25, -0.2) is 9.18 Å². The van der Waals surface area contributed by atoms with Gasteiger partial charge < -0.3 is 20.4 Å². The number of amides is 2. The van der Waals surface area contributed by atoms with Crippen LogP contribution < -0.4 is 10.6 Å².